The zero-order valence-corrected chi connectivity index (χ0v) is 8.90. The number of aromatic nitrogens is 2. The highest BCUT2D eigenvalue weighted by Gasteiger charge is 2.43. The second-order valence-electron chi connectivity index (χ2n) is 4.26. The summed E-state index contributed by atoms with van der Waals surface area (Å²) in [4.78, 5) is 0. The summed E-state index contributed by atoms with van der Waals surface area (Å²) in [5.74, 6) is 0.401. The molecule has 2 rings (SSSR count). The molecule has 2 atom stereocenters. The van der Waals surface area contributed by atoms with Gasteiger partial charge in [-0.3, -0.25) is 4.68 Å². The first kappa shape index (κ1) is 9.71. The van der Waals surface area contributed by atoms with Crippen LogP contribution in [0.25, 0.3) is 0 Å². The van der Waals surface area contributed by atoms with Crippen LogP contribution in [-0.4, -0.2) is 14.9 Å². The fourth-order valence-corrected chi connectivity index (χ4v) is 2.74. The van der Waals surface area contributed by atoms with Crippen molar-refractivity contribution in [1.82, 2.24) is 9.78 Å². The van der Waals surface area contributed by atoms with E-state index in [2.05, 4.69) is 12.0 Å². The summed E-state index contributed by atoms with van der Waals surface area (Å²) in [6, 6.07) is 1.94. The van der Waals surface area contributed by atoms with E-state index in [1.165, 1.54) is 0 Å². The number of rotatable bonds is 2. The lowest BCUT2D eigenvalue weighted by Crippen LogP contribution is -2.32. The van der Waals surface area contributed by atoms with Crippen molar-refractivity contribution in [3.05, 3.63) is 18.0 Å². The van der Waals surface area contributed by atoms with E-state index in [-0.39, 0.29) is 0 Å². The number of hydrogen-bond acceptors (Lipinski definition) is 2. The fourth-order valence-electron chi connectivity index (χ4n) is 2.74. The van der Waals surface area contributed by atoms with E-state index < -0.39 is 5.60 Å². The normalized spacial score (nSPS) is 32.4. The lowest BCUT2D eigenvalue weighted by Gasteiger charge is -2.29. The first-order valence-corrected chi connectivity index (χ1v) is 5.39. The molecule has 1 aliphatic carbocycles. The van der Waals surface area contributed by atoms with Gasteiger partial charge in [-0.15, -0.1) is 0 Å². The van der Waals surface area contributed by atoms with Gasteiger partial charge in [0.25, 0.3) is 0 Å². The summed E-state index contributed by atoms with van der Waals surface area (Å²) in [5.41, 5.74) is 0.349. The molecule has 2 unspecified atom stereocenters. The van der Waals surface area contributed by atoms with Gasteiger partial charge in [0.15, 0.2) is 0 Å². The molecular formula is C11H18N2O. The van der Waals surface area contributed by atoms with Crippen LogP contribution in [-0.2, 0) is 12.6 Å². The van der Waals surface area contributed by atoms with Crippen molar-refractivity contribution in [3.8, 4) is 0 Å². The first-order chi connectivity index (χ1) is 6.68. The standard InChI is InChI=1S/C11H18N2O/c1-3-9-5-4-7-11(9,14)10-6-8-12-13(10)2/h6,8-9,14H,3-5,7H2,1-2H3. The lowest BCUT2D eigenvalue weighted by atomic mass is 9.86. The van der Waals surface area contributed by atoms with Gasteiger partial charge in [0, 0.05) is 13.2 Å². The SMILES string of the molecule is CCC1CCCC1(O)c1ccnn1C. The molecule has 78 valence electrons. The molecule has 0 aromatic carbocycles. The maximum absolute atomic E-state index is 10.6. The second kappa shape index (κ2) is 3.39. The molecule has 3 nitrogen and oxygen atoms in total. The van der Waals surface area contributed by atoms with Gasteiger partial charge in [0.1, 0.15) is 5.60 Å². The van der Waals surface area contributed by atoms with Crippen molar-refractivity contribution >= 4 is 0 Å². The molecule has 0 amide bonds. The van der Waals surface area contributed by atoms with Gasteiger partial charge in [-0.2, -0.15) is 5.10 Å². The minimum absolute atomic E-state index is 0.401. The number of nitrogens with zero attached hydrogens (tertiary/aromatic N) is 2. The topological polar surface area (TPSA) is 38.1 Å². The van der Waals surface area contributed by atoms with E-state index >= 15 is 0 Å². The Bertz CT molecular complexity index is 321. The molecule has 1 aromatic rings. The Morgan fingerprint density at radius 1 is 1.71 bits per heavy atom. The minimum atomic E-state index is -0.625. The number of aryl methyl sites for hydroxylation is 1. The fraction of sp³-hybridized carbons (Fsp3) is 0.727. The van der Waals surface area contributed by atoms with Crippen LogP contribution in [0.4, 0.5) is 0 Å². The van der Waals surface area contributed by atoms with E-state index in [4.69, 9.17) is 0 Å². The van der Waals surface area contributed by atoms with Gasteiger partial charge >= 0.3 is 0 Å². The van der Waals surface area contributed by atoms with Gasteiger partial charge in [-0.05, 0) is 31.2 Å². The Morgan fingerprint density at radius 2 is 2.50 bits per heavy atom. The Morgan fingerprint density at radius 3 is 3.07 bits per heavy atom. The summed E-state index contributed by atoms with van der Waals surface area (Å²) >= 11 is 0. The van der Waals surface area contributed by atoms with E-state index in [1.807, 2.05) is 13.1 Å². The van der Waals surface area contributed by atoms with Crippen LogP contribution in [0.1, 0.15) is 38.3 Å². The summed E-state index contributed by atoms with van der Waals surface area (Å²) < 4.78 is 1.80. The molecule has 0 bridgehead atoms. The van der Waals surface area contributed by atoms with E-state index in [0.717, 1.165) is 31.4 Å². The summed E-state index contributed by atoms with van der Waals surface area (Å²) in [6.07, 6.45) is 5.95. The molecule has 1 saturated carbocycles. The van der Waals surface area contributed by atoms with Gasteiger partial charge in [-0.1, -0.05) is 13.3 Å². The zero-order chi connectivity index (χ0) is 10.2. The third-order valence-electron chi connectivity index (χ3n) is 3.54. The van der Waals surface area contributed by atoms with E-state index in [1.54, 1.807) is 10.9 Å². The molecule has 0 aliphatic heterocycles. The molecule has 1 heterocycles. The van der Waals surface area contributed by atoms with Crippen LogP contribution in [0, 0.1) is 5.92 Å². The van der Waals surface area contributed by atoms with Crippen LogP contribution in [0.15, 0.2) is 12.3 Å². The van der Waals surface area contributed by atoms with Crippen molar-refractivity contribution in [2.24, 2.45) is 13.0 Å². The molecule has 0 spiro atoms. The van der Waals surface area contributed by atoms with Crippen LogP contribution in [0.3, 0.4) is 0 Å². The van der Waals surface area contributed by atoms with Gasteiger partial charge < -0.3 is 5.11 Å². The van der Waals surface area contributed by atoms with Gasteiger partial charge in [-0.25, -0.2) is 0 Å². The average molecular weight is 194 g/mol. The zero-order valence-electron chi connectivity index (χ0n) is 8.90. The Hall–Kier alpha value is -0.830. The molecule has 1 aromatic heterocycles. The second-order valence-corrected chi connectivity index (χ2v) is 4.26. The van der Waals surface area contributed by atoms with Crippen LogP contribution >= 0.6 is 0 Å². The van der Waals surface area contributed by atoms with Crippen molar-refractivity contribution in [2.45, 2.75) is 38.2 Å². The largest absolute Gasteiger partial charge is 0.383 e. The van der Waals surface area contributed by atoms with E-state index in [9.17, 15) is 5.11 Å². The summed E-state index contributed by atoms with van der Waals surface area (Å²) in [5, 5.41) is 14.8. The van der Waals surface area contributed by atoms with Crippen molar-refractivity contribution in [1.29, 1.82) is 0 Å². The van der Waals surface area contributed by atoms with Crippen molar-refractivity contribution in [2.75, 3.05) is 0 Å². The third-order valence-corrected chi connectivity index (χ3v) is 3.54. The number of aliphatic hydroxyl groups is 1. The molecule has 3 heteroatoms. The molecule has 14 heavy (non-hydrogen) atoms. The predicted octanol–water partition coefficient (Wildman–Crippen LogP) is 1.82. The maximum Gasteiger partial charge on any atom is 0.109 e. The minimum Gasteiger partial charge on any atom is -0.383 e. The Balaban J connectivity index is 2.36. The molecular weight excluding hydrogens is 176 g/mol. The lowest BCUT2D eigenvalue weighted by molar-refractivity contribution is -0.0113. The third kappa shape index (κ3) is 1.27. The highest BCUT2D eigenvalue weighted by atomic mass is 16.3. The quantitative estimate of drug-likeness (QED) is 0.779. The Kier molecular flexibility index (Phi) is 2.35. The average Bonchev–Trinajstić information content (AvgIpc) is 2.72. The van der Waals surface area contributed by atoms with Gasteiger partial charge in [0.05, 0.1) is 5.69 Å². The molecule has 1 aliphatic rings. The predicted molar refractivity (Wildman–Crippen MR) is 54.7 cm³/mol. The molecule has 0 radical (unpaired) electrons. The van der Waals surface area contributed by atoms with Gasteiger partial charge in [0.2, 0.25) is 0 Å². The number of hydrogen-bond donors (Lipinski definition) is 1. The van der Waals surface area contributed by atoms with Crippen LogP contribution < -0.4 is 0 Å². The molecule has 1 fully saturated rings. The molecule has 0 saturated heterocycles. The monoisotopic (exact) mass is 194 g/mol. The molecule has 1 N–H and O–H groups in total. The first-order valence-electron chi connectivity index (χ1n) is 5.39. The maximum atomic E-state index is 10.6. The van der Waals surface area contributed by atoms with Crippen LogP contribution in [0.5, 0.6) is 0 Å². The van der Waals surface area contributed by atoms with E-state index in [0.29, 0.717) is 5.92 Å². The van der Waals surface area contributed by atoms with Crippen molar-refractivity contribution in [3.63, 3.8) is 0 Å². The highest BCUT2D eigenvalue weighted by Crippen LogP contribution is 2.44. The Labute approximate surface area is 84.7 Å². The van der Waals surface area contributed by atoms with Crippen molar-refractivity contribution < 1.29 is 5.11 Å². The summed E-state index contributed by atoms with van der Waals surface area (Å²) in [6.45, 7) is 2.15. The highest BCUT2D eigenvalue weighted by molar-refractivity contribution is 5.15. The smallest absolute Gasteiger partial charge is 0.109 e. The summed E-state index contributed by atoms with van der Waals surface area (Å²) in [7, 11) is 1.90. The van der Waals surface area contributed by atoms with Crippen LogP contribution in [0.2, 0.25) is 0 Å².